The summed E-state index contributed by atoms with van der Waals surface area (Å²) in [6, 6.07) is 10.1. The molecule has 0 unspecified atom stereocenters. The van der Waals surface area contributed by atoms with E-state index in [-0.39, 0.29) is 0 Å². The van der Waals surface area contributed by atoms with Crippen molar-refractivity contribution in [3.8, 4) is 11.3 Å². The van der Waals surface area contributed by atoms with Crippen LogP contribution in [0.1, 0.15) is 38.2 Å². The first-order chi connectivity index (χ1) is 8.26. The number of anilines is 1. The van der Waals surface area contributed by atoms with Crippen molar-refractivity contribution >= 4 is 5.82 Å². The molecule has 0 aliphatic carbocycles. The summed E-state index contributed by atoms with van der Waals surface area (Å²) in [5, 5.41) is 3.75. The zero-order chi connectivity index (χ0) is 12.3. The van der Waals surface area contributed by atoms with E-state index in [2.05, 4.69) is 37.2 Å². The Balaban J connectivity index is 2.47. The number of benzene rings is 1. The average Bonchev–Trinajstić information content (AvgIpc) is 2.78. The summed E-state index contributed by atoms with van der Waals surface area (Å²) in [4.78, 5) is 0. The lowest BCUT2D eigenvalue weighted by atomic mass is 9.89. The van der Waals surface area contributed by atoms with Crippen LogP contribution in [0.2, 0.25) is 0 Å². The molecule has 0 fully saturated rings. The lowest BCUT2D eigenvalue weighted by Gasteiger charge is -2.15. The molecular formula is C14H18N2O. The van der Waals surface area contributed by atoms with Crippen molar-refractivity contribution in [2.45, 2.75) is 32.6 Å². The summed E-state index contributed by atoms with van der Waals surface area (Å²) >= 11 is 0. The van der Waals surface area contributed by atoms with Gasteiger partial charge in [0.15, 0.2) is 11.6 Å². The predicted molar refractivity (Wildman–Crippen MR) is 69.7 cm³/mol. The second-order valence-electron chi connectivity index (χ2n) is 4.22. The molecule has 2 rings (SSSR count). The van der Waals surface area contributed by atoms with Crippen LogP contribution >= 0.6 is 0 Å². The smallest absolute Gasteiger partial charge is 0.169 e. The largest absolute Gasteiger partial charge is 0.381 e. The van der Waals surface area contributed by atoms with Gasteiger partial charge in [-0.05, 0) is 24.3 Å². The quantitative estimate of drug-likeness (QED) is 0.868. The van der Waals surface area contributed by atoms with Crippen molar-refractivity contribution in [2.24, 2.45) is 0 Å². The molecule has 1 heterocycles. The van der Waals surface area contributed by atoms with Gasteiger partial charge in [-0.3, -0.25) is 0 Å². The standard InChI is InChI=1S/C14H18N2O/c1-3-10(4-2)11-7-5-6-8-12(11)13-9-14(15)16-17-13/h5-10H,3-4H2,1-2H3,(H2,15,16). The van der Waals surface area contributed by atoms with Crippen LogP contribution < -0.4 is 5.73 Å². The summed E-state index contributed by atoms with van der Waals surface area (Å²) in [6.07, 6.45) is 2.24. The molecule has 3 nitrogen and oxygen atoms in total. The highest BCUT2D eigenvalue weighted by Crippen LogP contribution is 2.33. The van der Waals surface area contributed by atoms with Crippen LogP contribution in [0.5, 0.6) is 0 Å². The first-order valence-electron chi connectivity index (χ1n) is 6.07. The number of hydrogen-bond acceptors (Lipinski definition) is 3. The molecule has 1 aromatic carbocycles. The molecule has 0 radical (unpaired) electrons. The van der Waals surface area contributed by atoms with Crippen molar-refractivity contribution in [1.82, 2.24) is 5.16 Å². The Hall–Kier alpha value is -1.77. The molecule has 0 spiro atoms. The first-order valence-corrected chi connectivity index (χ1v) is 6.07. The van der Waals surface area contributed by atoms with Crippen LogP contribution in [0, 0.1) is 0 Å². The Bertz CT molecular complexity index is 486. The minimum absolute atomic E-state index is 0.430. The van der Waals surface area contributed by atoms with Crippen molar-refractivity contribution < 1.29 is 4.52 Å². The Morgan fingerprint density at radius 2 is 1.94 bits per heavy atom. The fraction of sp³-hybridized carbons (Fsp3) is 0.357. The van der Waals surface area contributed by atoms with Gasteiger partial charge in [-0.1, -0.05) is 43.3 Å². The maximum Gasteiger partial charge on any atom is 0.169 e. The van der Waals surface area contributed by atoms with E-state index in [1.807, 2.05) is 6.07 Å². The molecule has 1 aromatic heterocycles. The van der Waals surface area contributed by atoms with Gasteiger partial charge in [0.2, 0.25) is 0 Å². The second kappa shape index (κ2) is 5.04. The predicted octanol–water partition coefficient (Wildman–Crippen LogP) is 3.83. The van der Waals surface area contributed by atoms with E-state index in [1.165, 1.54) is 5.56 Å². The van der Waals surface area contributed by atoms with E-state index in [0.717, 1.165) is 24.2 Å². The first kappa shape index (κ1) is 11.7. The van der Waals surface area contributed by atoms with Crippen molar-refractivity contribution in [1.29, 1.82) is 0 Å². The van der Waals surface area contributed by atoms with Gasteiger partial charge in [0.05, 0.1) is 0 Å². The molecule has 0 aliphatic rings. The van der Waals surface area contributed by atoms with Crippen LogP contribution in [0.4, 0.5) is 5.82 Å². The number of rotatable bonds is 4. The molecule has 2 aromatic rings. The average molecular weight is 230 g/mol. The van der Waals surface area contributed by atoms with E-state index < -0.39 is 0 Å². The highest BCUT2D eigenvalue weighted by Gasteiger charge is 2.15. The maximum atomic E-state index is 5.60. The minimum Gasteiger partial charge on any atom is -0.381 e. The van der Waals surface area contributed by atoms with Gasteiger partial charge in [-0.15, -0.1) is 0 Å². The topological polar surface area (TPSA) is 52.0 Å². The van der Waals surface area contributed by atoms with Gasteiger partial charge in [0.25, 0.3) is 0 Å². The molecule has 3 heteroatoms. The molecular weight excluding hydrogens is 212 g/mol. The number of nitrogen functional groups attached to an aromatic ring is 1. The van der Waals surface area contributed by atoms with Crippen molar-refractivity contribution in [3.63, 3.8) is 0 Å². The van der Waals surface area contributed by atoms with Gasteiger partial charge >= 0.3 is 0 Å². The van der Waals surface area contributed by atoms with Gasteiger partial charge < -0.3 is 10.3 Å². The van der Waals surface area contributed by atoms with Crippen LogP contribution in [0.3, 0.4) is 0 Å². The van der Waals surface area contributed by atoms with Gasteiger partial charge in [-0.25, -0.2) is 0 Å². The van der Waals surface area contributed by atoms with Crippen molar-refractivity contribution in [3.05, 3.63) is 35.9 Å². The summed E-state index contributed by atoms with van der Waals surface area (Å²) in [5.74, 6) is 1.74. The lowest BCUT2D eigenvalue weighted by Crippen LogP contribution is -1.97. The summed E-state index contributed by atoms with van der Waals surface area (Å²) < 4.78 is 5.26. The lowest BCUT2D eigenvalue weighted by molar-refractivity contribution is 0.435. The van der Waals surface area contributed by atoms with Gasteiger partial charge in [-0.2, -0.15) is 0 Å². The molecule has 0 atom stereocenters. The van der Waals surface area contributed by atoms with E-state index in [0.29, 0.717) is 11.7 Å². The summed E-state index contributed by atoms with van der Waals surface area (Å²) in [6.45, 7) is 4.42. The Kier molecular flexibility index (Phi) is 3.47. The van der Waals surface area contributed by atoms with Crippen molar-refractivity contribution in [2.75, 3.05) is 5.73 Å². The maximum absolute atomic E-state index is 5.60. The van der Waals surface area contributed by atoms with Crippen LogP contribution in [0.25, 0.3) is 11.3 Å². The molecule has 0 bridgehead atoms. The third-order valence-corrected chi connectivity index (χ3v) is 3.18. The molecule has 0 aliphatic heterocycles. The van der Waals surface area contributed by atoms with E-state index in [1.54, 1.807) is 6.07 Å². The molecule has 0 saturated heterocycles. The highest BCUT2D eigenvalue weighted by molar-refractivity contribution is 5.64. The number of aromatic nitrogens is 1. The zero-order valence-electron chi connectivity index (χ0n) is 10.3. The zero-order valence-corrected chi connectivity index (χ0v) is 10.3. The molecule has 0 saturated carbocycles. The fourth-order valence-corrected chi connectivity index (χ4v) is 2.22. The van der Waals surface area contributed by atoms with Crippen LogP contribution in [0.15, 0.2) is 34.9 Å². The van der Waals surface area contributed by atoms with Crippen LogP contribution in [-0.4, -0.2) is 5.16 Å². The molecule has 0 amide bonds. The summed E-state index contributed by atoms with van der Waals surface area (Å²) in [7, 11) is 0. The number of nitrogens with two attached hydrogens (primary N) is 1. The van der Waals surface area contributed by atoms with Gasteiger partial charge in [0, 0.05) is 11.6 Å². The Morgan fingerprint density at radius 3 is 2.53 bits per heavy atom. The second-order valence-corrected chi connectivity index (χ2v) is 4.22. The monoisotopic (exact) mass is 230 g/mol. The van der Waals surface area contributed by atoms with E-state index in [9.17, 15) is 0 Å². The Morgan fingerprint density at radius 1 is 1.24 bits per heavy atom. The van der Waals surface area contributed by atoms with Crippen LogP contribution in [-0.2, 0) is 0 Å². The fourth-order valence-electron chi connectivity index (χ4n) is 2.22. The van der Waals surface area contributed by atoms with Gasteiger partial charge in [0.1, 0.15) is 0 Å². The minimum atomic E-state index is 0.430. The molecule has 17 heavy (non-hydrogen) atoms. The van der Waals surface area contributed by atoms with E-state index in [4.69, 9.17) is 10.3 Å². The number of hydrogen-bond donors (Lipinski definition) is 1. The third kappa shape index (κ3) is 2.33. The number of nitrogens with zero attached hydrogens (tertiary/aromatic N) is 1. The molecule has 90 valence electrons. The third-order valence-electron chi connectivity index (χ3n) is 3.18. The Labute approximate surface area is 102 Å². The summed E-state index contributed by atoms with van der Waals surface area (Å²) in [5.41, 5.74) is 8.02. The molecule has 2 N–H and O–H groups in total. The highest BCUT2D eigenvalue weighted by atomic mass is 16.5. The van der Waals surface area contributed by atoms with E-state index >= 15 is 0 Å². The normalized spacial score (nSPS) is 11.0. The SMILES string of the molecule is CCC(CC)c1ccccc1-c1cc(N)no1.